The van der Waals surface area contributed by atoms with Gasteiger partial charge >= 0.3 is 0 Å². The Labute approximate surface area is 116 Å². The molecule has 0 unspecified atom stereocenters. The molecule has 19 heavy (non-hydrogen) atoms. The first-order chi connectivity index (χ1) is 9.08. The van der Waals surface area contributed by atoms with Crippen LogP contribution in [0.25, 0.3) is 0 Å². The van der Waals surface area contributed by atoms with Gasteiger partial charge in [0.1, 0.15) is 0 Å². The maximum Gasteiger partial charge on any atom is 0.279 e. The fraction of sp³-hybridized carbons (Fsp3) is 0.846. The SMILES string of the molecule is CC1CCN(S(=O)(=O)NCCC2=CCNCC2)CC1. The summed E-state index contributed by atoms with van der Waals surface area (Å²) >= 11 is 0. The number of hydrogen-bond acceptors (Lipinski definition) is 3. The van der Waals surface area contributed by atoms with Gasteiger partial charge in [0.15, 0.2) is 0 Å². The lowest BCUT2D eigenvalue weighted by Crippen LogP contribution is -2.45. The molecule has 5 nitrogen and oxygen atoms in total. The standard InChI is InChI=1S/C13H25N3O2S/c1-12-5-10-16(11-6-12)19(17,18)15-9-4-13-2-7-14-8-3-13/h2,12,14-15H,3-11H2,1H3. The largest absolute Gasteiger partial charge is 0.313 e. The van der Waals surface area contributed by atoms with Crippen molar-refractivity contribution in [1.82, 2.24) is 14.3 Å². The molecule has 6 heteroatoms. The van der Waals surface area contributed by atoms with Crippen molar-refractivity contribution in [3.8, 4) is 0 Å². The van der Waals surface area contributed by atoms with Gasteiger partial charge in [0.05, 0.1) is 0 Å². The maximum absolute atomic E-state index is 12.1. The van der Waals surface area contributed by atoms with E-state index in [9.17, 15) is 8.42 Å². The molecule has 0 bridgehead atoms. The molecule has 2 aliphatic heterocycles. The van der Waals surface area contributed by atoms with Gasteiger partial charge in [0.25, 0.3) is 10.2 Å². The highest BCUT2D eigenvalue weighted by atomic mass is 32.2. The predicted molar refractivity (Wildman–Crippen MR) is 77.1 cm³/mol. The van der Waals surface area contributed by atoms with E-state index in [1.165, 1.54) is 5.57 Å². The zero-order valence-corrected chi connectivity index (χ0v) is 12.5. The van der Waals surface area contributed by atoms with Gasteiger partial charge in [0.2, 0.25) is 0 Å². The molecule has 0 aromatic rings. The van der Waals surface area contributed by atoms with Gasteiger partial charge in [0, 0.05) is 26.2 Å². The normalized spacial score (nSPS) is 23.3. The third-order valence-electron chi connectivity index (χ3n) is 3.97. The quantitative estimate of drug-likeness (QED) is 0.737. The van der Waals surface area contributed by atoms with Crippen LogP contribution in [0.5, 0.6) is 0 Å². The van der Waals surface area contributed by atoms with Crippen LogP contribution in [0.1, 0.15) is 32.6 Å². The summed E-state index contributed by atoms with van der Waals surface area (Å²) in [5.41, 5.74) is 1.36. The van der Waals surface area contributed by atoms with Crippen molar-refractivity contribution in [3.63, 3.8) is 0 Å². The first-order valence-corrected chi connectivity index (χ1v) is 8.65. The molecule has 0 atom stereocenters. The van der Waals surface area contributed by atoms with Crippen molar-refractivity contribution < 1.29 is 8.42 Å². The van der Waals surface area contributed by atoms with Crippen molar-refractivity contribution in [2.45, 2.75) is 32.6 Å². The average Bonchev–Trinajstić information content (AvgIpc) is 2.40. The van der Waals surface area contributed by atoms with Crippen LogP contribution < -0.4 is 10.0 Å². The second-order valence-corrected chi connectivity index (χ2v) is 7.30. The Morgan fingerprint density at radius 1 is 1.42 bits per heavy atom. The molecule has 0 aliphatic carbocycles. The van der Waals surface area contributed by atoms with Gasteiger partial charge in [-0.25, -0.2) is 4.72 Å². The van der Waals surface area contributed by atoms with Gasteiger partial charge in [-0.15, -0.1) is 0 Å². The molecule has 1 fully saturated rings. The molecule has 110 valence electrons. The Morgan fingerprint density at radius 2 is 2.16 bits per heavy atom. The Morgan fingerprint density at radius 3 is 2.79 bits per heavy atom. The number of hydrogen-bond donors (Lipinski definition) is 2. The zero-order valence-electron chi connectivity index (χ0n) is 11.7. The number of piperidine rings is 1. The fourth-order valence-electron chi connectivity index (χ4n) is 2.55. The van der Waals surface area contributed by atoms with Crippen molar-refractivity contribution in [3.05, 3.63) is 11.6 Å². The molecule has 2 N–H and O–H groups in total. The molecule has 2 aliphatic rings. The van der Waals surface area contributed by atoms with E-state index in [2.05, 4.69) is 23.0 Å². The molecular weight excluding hydrogens is 262 g/mol. The topological polar surface area (TPSA) is 61.4 Å². The van der Waals surface area contributed by atoms with Crippen LogP contribution in [0.15, 0.2) is 11.6 Å². The monoisotopic (exact) mass is 287 g/mol. The van der Waals surface area contributed by atoms with E-state index in [1.807, 2.05) is 0 Å². The minimum atomic E-state index is -3.27. The van der Waals surface area contributed by atoms with Crippen LogP contribution in [0.4, 0.5) is 0 Å². The first kappa shape index (κ1) is 15.0. The second-order valence-electron chi connectivity index (χ2n) is 5.55. The summed E-state index contributed by atoms with van der Waals surface area (Å²) in [6.45, 7) is 5.92. The van der Waals surface area contributed by atoms with E-state index in [4.69, 9.17) is 0 Å². The summed E-state index contributed by atoms with van der Waals surface area (Å²) in [5, 5.41) is 3.25. The lowest BCUT2D eigenvalue weighted by molar-refractivity contribution is 0.285. The van der Waals surface area contributed by atoms with E-state index >= 15 is 0 Å². The Bertz CT molecular complexity index is 412. The minimum absolute atomic E-state index is 0.514. The highest BCUT2D eigenvalue weighted by molar-refractivity contribution is 7.87. The van der Waals surface area contributed by atoms with Crippen LogP contribution in [0.3, 0.4) is 0 Å². The van der Waals surface area contributed by atoms with Gasteiger partial charge in [-0.1, -0.05) is 18.6 Å². The predicted octanol–water partition coefficient (Wildman–Crippen LogP) is 0.862. The van der Waals surface area contributed by atoms with E-state index in [1.54, 1.807) is 4.31 Å². The summed E-state index contributed by atoms with van der Waals surface area (Å²) < 4.78 is 28.5. The summed E-state index contributed by atoms with van der Waals surface area (Å²) in [7, 11) is -3.27. The number of nitrogens with one attached hydrogen (secondary N) is 2. The van der Waals surface area contributed by atoms with E-state index < -0.39 is 10.2 Å². The smallest absolute Gasteiger partial charge is 0.279 e. The minimum Gasteiger partial charge on any atom is -0.313 e. The average molecular weight is 287 g/mol. The number of nitrogens with zero attached hydrogens (tertiary/aromatic N) is 1. The summed E-state index contributed by atoms with van der Waals surface area (Å²) in [5.74, 6) is 0.645. The molecule has 0 amide bonds. The van der Waals surface area contributed by atoms with Gasteiger partial charge in [-0.3, -0.25) is 0 Å². The van der Waals surface area contributed by atoms with Crippen LogP contribution >= 0.6 is 0 Å². The molecule has 1 saturated heterocycles. The summed E-state index contributed by atoms with van der Waals surface area (Å²) in [6, 6.07) is 0. The first-order valence-electron chi connectivity index (χ1n) is 7.21. The van der Waals surface area contributed by atoms with Gasteiger partial charge in [-0.05, 0) is 38.1 Å². The van der Waals surface area contributed by atoms with Gasteiger partial charge < -0.3 is 5.32 Å². The molecule has 0 spiro atoms. The van der Waals surface area contributed by atoms with Crippen molar-refractivity contribution in [1.29, 1.82) is 0 Å². The molecule has 2 heterocycles. The third-order valence-corrected chi connectivity index (χ3v) is 5.58. The van der Waals surface area contributed by atoms with Crippen LogP contribution in [0.2, 0.25) is 0 Å². The Balaban J connectivity index is 1.76. The van der Waals surface area contributed by atoms with Crippen LogP contribution in [-0.4, -0.2) is 45.4 Å². The second kappa shape index (κ2) is 6.83. The molecular formula is C13H25N3O2S. The van der Waals surface area contributed by atoms with Crippen molar-refractivity contribution in [2.24, 2.45) is 5.92 Å². The Kier molecular flexibility index (Phi) is 5.38. The van der Waals surface area contributed by atoms with E-state index in [-0.39, 0.29) is 0 Å². The van der Waals surface area contributed by atoms with Crippen molar-refractivity contribution >= 4 is 10.2 Å². The summed E-state index contributed by atoms with van der Waals surface area (Å²) in [4.78, 5) is 0. The highest BCUT2D eigenvalue weighted by Crippen LogP contribution is 2.18. The lowest BCUT2D eigenvalue weighted by Gasteiger charge is -2.29. The maximum atomic E-state index is 12.1. The molecule has 0 saturated carbocycles. The van der Waals surface area contributed by atoms with E-state index in [0.29, 0.717) is 25.6 Å². The molecule has 0 aromatic heterocycles. The van der Waals surface area contributed by atoms with Crippen LogP contribution in [0, 0.1) is 5.92 Å². The molecule has 0 aromatic carbocycles. The third kappa shape index (κ3) is 4.56. The Hall–Kier alpha value is -0.430. The van der Waals surface area contributed by atoms with E-state index in [0.717, 1.165) is 38.8 Å². The fourth-order valence-corrected chi connectivity index (χ4v) is 3.79. The van der Waals surface area contributed by atoms with Crippen molar-refractivity contribution in [2.75, 3.05) is 32.7 Å². The molecule has 0 radical (unpaired) electrons. The lowest BCUT2D eigenvalue weighted by atomic mass is 10.0. The summed E-state index contributed by atoms with van der Waals surface area (Å²) in [6.07, 6.45) is 5.96. The highest BCUT2D eigenvalue weighted by Gasteiger charge is 2.25. The van der Waals surface area contributed by atoms with Crippen LogP contribution in [-0.2, 0) is 10.2 Å². The van der Waals surface area contributed by atoms with Gasteiger partial charge in [-0.2, -0.15) is 12.7 Å². The zero-order chi connectivity index (χ0) is 13.7. The number of rotatable bonds is 5. The molecule has 2 rings (SSSR count).